The summed E-state index contributed by atoms with van der Waals surface area (Å²) in [7, 11) is 1.62. The molecule has 168 valence electrons. The number of hydrogen-bond donors (Lipinski definition) is 1. The first kappa shape index (κ1) is 23.2. The van der Waals surface area contributed by atoms with E-state index in [1.54, 1.807) is 31.4 Å². The van der Waals surface area contributed by atoms with Gasteiger partial charge in [0.2, 0.25) is 5.91 Å². The van der Waals surface area contributed by atoms with Gasteiger partial charge in [-0.1, -0.05) is 35.0 Å². The van der Waals surface area contributed by atoms with E-state index in [0.29, 0.717) is 21.0 Å². The number of rotatable bonds is 7. The monoisotopic (exact) mass is 498 g/mol. The highest BCUT2D eigenvalue weighted by Crippen LogP contribution is 2.30. The van der Waals surface area contributed by atoms with Gasteiger partial charge in [-0.3, -0.25) is 9.36 Å². The number of benzene rings is 3. The normalized spacial score (nSPS) is 10.8. The average molecular weight is 499 g/mol. The van der Waals surface area contributed by atoms with Crippen LogP contribution in [0.15, 0.2) is 71.9 Å². The van der Waals surface area contributed by atoms with Crippen LogP contribution >= 0.6 is 35.0 Å². The maximum atomic E-state index is 12.6. The van der Waals surface area contributed by atoms with E-state index in [0.717, 1.165) is 28.3 Å². The molecule has 0 aliphatic carbocycles. The smallest absolute Gasteiger partial charge is 0.234 e. The van der Waals surface area contributed by atoms with Crippen LogP contribution in [0, 0.1) is 6.92 Å². The van der Waals surface area contributed by atoms with Crippen LogP contribution in [0.4, 0.5) is 5.69 Å². The fraction of sp³-hybridized carbons (Fsp3) is 0.125. The van der Waals surface area contributed by atoms with Gasteiger partial charge in [-0.15, -0.1) is 10.2 Å². The van der Waals surface area contributed by atoms with Gasteiger partial charge in [0.1, 0.15) is 5.75 Å². The number of halogens is 2. The second-order valence-electron chi connectivity index (χ2n) is 7.14. The van der Waals surface area contributed by atoms with E-state index < -0.39 is 0 Å². The minimum Gasteiger partial charge on any atom is -0.497 e. The zero-order valence-corrected chi connectivity index (χ0v) is 20.2. The minimum absolute atomic E-state index is 0.151. The molecule has 0 unspecified atom stereocenters. The molecule has 3 aromatic carbocycles. The number of aryl methyl sites for hydroxylation is 1. The molecule has 0 aliphatic heterocycles. The summed E-state index contributed by atoms with van der Waals surface area (Å²) in [5, 5.41) is 13.5. The Morgan fingerprint density at radius 2 is 1.70 bits per heavy atom. The number of thioether (sulfide) groups is 1. The summed E-state index contributed by atoms with van der Waals surface area (Å²) in [4.78, 5) is 12.6. The number of hydrogen-bond acceptors (Lipinski definition) is 5. The van der Waals surface area contributed by atoms with Gasteiger partial charge in [0.25, 0.3) is 0 Å². The van der Waals surface area contributed by atoms with Crippen LogP contribution in [-0.4, -0.2) is 33.5 Å². The predicted octanol–water partition coefficient (Wildman–Crippen LogP) is 6.29. The molecule has 4 aromatic rings. The van der Waals surface area contributed by atoms with Crippen molar-refractivity contribution in [3.05, 3.63) is 82.3 Å². The Bertz CT molecular complexity index is 1270. The predicted molar refractivity (Wildman–Crippen MR) is 134 cm³/mol. The van der Waals surface area contributed by atoms with Gasteiger partial charge >= 0.3 is 0 Å². The van der Waals surface area contributed by atoms with Gasteiger partial charge in [-0.25, -0.2) is 0 Å². The number of amides is 1. The van der Waals surface area contributed by atoms with E-state index in [-0.39, 0.29) is 11.7 Å². The number of nitrogens with one attached hydrogen (secondary N) is 1. The molecule has 1 amide bonds. The second-order valence-corrected chi connectivity index (χ2v) is 8.96. The Morgan fingerprint density at radius 3 is 2.36 bits per heavy atom. The third-order valence-electron chi connectivity index (χ3n) is 4.86. The van der Waals surface area contributed by atoms with Gasteiger partial charge in [-0.05, 0) is 79.2 Å². The van der Waals surface area contributed by atoms with Gasteiger partial charge in [0.05, 0.1) is 12.9 Å². The number of methoxy groups -OCH3 is 1. The van der Waals surface area contributed by atoms with Crippen molar-refractivity contribution >= 4 is 46.6 Å². The molecule has 1 aromatic heterocycles. The molecule has 0 saturated heterocycles. The molecule has 1 N–H and O–H groups in total. The van der Waals surface area contributed by atoms with E-state index in [2.05, 4.69) is 15.5 Å². The minimum atomic E-state index is -0.151. The van der Waals surface area contributed by atoms with E-state index in [4.69, 9.17) is 27.9 Å². The van der Waals surface area contributed by atoms with Crippen LogP contribution in [-0.2, 0) is 4.79 Å². The molecule has 0 atom stereocenters. The Balaban J connectivity index is 1.60. The fourth-order valence-electron chi connectivity index (χ4n) is 3.20. The number of aromatic nitrogens is 3. The molecule has 9 heteroatoms. The molecule has 1 heterocycles. The van der Waals surface area contributed by atoms with Crippen LogP contribution in [0.2, 0.25) is 10.0 Å². The van der Waals surface area contributed by atoms with Crippen LogP contribution in [0.25, 0.3) is 17.1 Å². The van der Waals surface area contributed by atoms with E-state index in [1.807, 2.05) is 54.0 Å². The number of anilines is 1. The van der Waals surface area contributed by atoms with Crippen molar-refractivity contribution in [1.82, 2.24) is 14.8 Å². The Kier molecular flexibility index (Phi) is 7.23. The third-order valence-corrected chi connectivity index (χ3v) is 6.28. The number of nitrogens with zero attached hydrogens (tertiary/aromatic N) is 3. The molecule has 6 nitrogen and oxygen atoms in total. The zero-order valence-electron chi connectivity index (χ0n) is 17.9. The first-order valence-corrected chi connectivity index (χ1v) is 11.7. The van der Waals surface area contributed by atoms with Gasteiger partial charge < -0.3 is 10.1 Å². The van der Waals surface area contributed by atoms with Crippen LogP contribution in [0.1, 0.15) is 5.56 Å². The number of ether oxygens (including phenoxy) is 1. The van der Waals surface area contributed by atoms with Crippen molar-refractivity contribution < 1.29 is 9.53 Å². The zero-order chi connectivity index (χ0) is 23.4. The van der Waals surface area contributed by atoms with Crippen molar-refractivity contribution in [2.45, 2.75) is 12.1 Å². The van der Waals surface area contributed by atoms with Crippen molar-refractivity contribution in [3.8, 4) is 22.8 Å². The Morgan fingerprint density at radius 1 is 1.00 bits per heavy atom. The molecule has 33 heavy (non-hydrogen) atoms. The van der Waals surface area contributed by atoms with Crippen molar-refractivity contribution in [2.24, 2.45) is 0 Å². The SMILES string of the molecule is COc1ccc(-c2nnc(SCC(=O)Nc3ccc(Cl)cc3C)n2-c2ccc(Cl)cc2)cc1. The van der Waals surface area contributed by atoms with Crippen molar-refractivity contribution in [1.29, 1.82) is 0 Å². The van der Waals surface area contributed by atoms with E-state index >= 15 is 0 Å². The van der Waals surface area contributed by atoms with Crippen molar-refractivity contribution in [2.75, 3.05) is 18.2 Å². The molecule has 0 saturated carbocycles. The van der Waals surface area contributed by atoms with Gasteiger partial charge in [0, 0.05) is 27.0 Å². The first-order valence-electron chi connectivity index (χ1n) is 9.99. The molecular formula is C24H20Cl2N4O2S. The summed E-state index contributed by atoms with van der Waals surface area (Å²) in [5.41, 5.74) is 3.33. The van der Waals surface area contributed by atoms with Crippen molar-refractivity contribution in [3.63, 3.8) is 0 Å². The van der Waals surface area contributed by atoms with Gasteiger partial charge in [0.15, 0.2) is 11.0 Å². The maximum absolute atomic E-state index is 12.6. The highest BCUT2D eigenvalue weighted by molar-refractivity contribution is 7.99. The third kappa shape index (κ3) is 5.50. The topological polar surface area (TPSA) is 69.0 Å². The van der Waals surface area contributed by atoms with Gasteiger partial charge in [-0.2, -0.15) is 0 Å². The maximum Gasteiger partial charge on any atom is 0.234 e. The summed E-state index contributed by atoms with van der Waals surface area (Å²) < 4.78 is 7.16. The lowest BCUT2D eigenvalue weighted by molar-refractivity contribution is -0.113. The number of carbonyl (C=O) groups excluding carboxylic acids is 1. The largest absolute Gasteiger partial charge is 0.497 e. The number of carbonyl (C=O) groups is 1. The average Bonchev–Trinajstić information content (AvgIpc) is 3.24. The first-order chi connectivity index (χ1) is 15.9. The lowest BCUT2D eigenvalue weighted by atomic mass is 10.2. The highest BCUT2D eigenvalue weighted by atomic mass is 35.5. The second kappa shape index (κ2) is 10.3. The fourth-order valence-corrected chi connectivity index (χ4v) is 4.30. The molecular weight excluding hydrogens is 479 g/mol. The summed E-state index contributed by atoms with van der Waals surface area (Å²) >= 11 is 13.4. The molecule has 0 bridgehead atoms. The summed E-state index contributed by atoms with van der Waals surface area (Å²) in [6, 6.07) is 20.3. The molecule has 0 radical (unpaired) electrons. The van der Waals surface area contributed by atoms with E-state index in [9.17, 15) is 4.79 Å². The molecule has 0 fully saturated rings. The van der Waals surface area contributed by atoms with Crippen LogP contribution < -0.4 is 10.1 Å². The van der Waals surface area contributed by atoms with Crippen LogP contribution in [0.5, 0.6) is 5.75 Å². The Hall–Kier alpha value is -3.00. The Labute approximate surface area is 205 Å². The quantitative estimate of drug-likeness (QED) is 0.303. The summed E-state index contributed by atoms with van der Waals surface area (Å²) in [5.74, 6) is 1.41. The highest BCUT2D eigenvalue weighted by Gasteiger charge is 2.18. The van der Waals surface area contributed by atoms with E-state index in [1.165, 1.54) is 11.8 Å². The summed E-state index contributed by atoms with van der Waals surface area (Å²) in [6.07, 6.45) is 0. The summed E-state index contributed by atoms with van der Waals surface area (Å²) in [6.45, 7) is 1.90. The molecule has 4 rings (SSSR count). The van der Waals surface area contributed by atoms with Crippen LogP contribution in [0.3, 0.4) is 0 Å². The lowest BCUT2D eigenvalue weighted by Crippen LogP contribution is -2.15. The lowest BCUT2D eigenvalue weighted by Gasteiger charge is -2.11. The molecule has 0 spiro atoms. The molecule has 0 aliphatic rings. The standard InChI is InChI=1S/C24H20Cl2N4O2S/c1-15-13-18(26)7-12-21(15)27-22(31)14-33-24-29-28-23(16-3-10-20(32-2)11-4-16)30(24)19-8-5-17(25)6-9-19/h3-13H,14H2,1-2H3,(H,27,31).